The topological polar surface area (TPSA) is 146 Å². The van der Waals surface area contributed by atoms with Gasteiger partial charge >= 0.3 is 0 Å². The summed E-state index contributed by atoms with van der Waals surface area (Å²) in [6.45, 7) is -0.810. The molecule has 0 saturated heterocycles. The Morgan fingerprint density at radius 1 is 0.738 bits per heavy atom. The number of hydrogen-bond acceptors (Lipinski definition) is 6. The van der Waals surface area contributed by atoms with Crippen LogP contribution >= 0.6 is 0 Å². The van der Waals surface area contributed by atoms with Crippen molar-refractivity contribution in [1.82, 2.24) is 21.4 Å². The smallest absolute Gasteiger partial charge is 0.266 e. The molecule has 0 aliphatic heterocycles. The summed E-state index contributed by atoms with van der Waals surface area (Å²) in [6, 6.07) is 25.7. The summed E-state index contributed by atoms with van der Waals surface area (Å²) < 4.78 is 0. The lowest BCUT2D eigenvalue weighted by atomic mass is 9.90. The molecule has 3 aromatic carbocycles. The van der Waals surface area contributed by atoms with Crippen molar-refractivity contribution in [3.05, 3.63) is 108 Å². The number of benzene rings is 3. The lowest BCUT2D eigenvalue weighted by Gasteiger charge is -2.28. The summed E-state index contributed by atoms with van der Waals surface area (Å²) in [4.78, 5) is 57.6. The molecule has 0 radical (unpaired) electrons. The Kier molecular flexibility index (Phi) is 13.2. The number of aliphatic hydroxyl groups is 1. The number of rotatable bonds is 16. The summed E-state index contributed by atoms with van der Waals surface area (Å²) in [5.41, 5.74) is 5.03. The molecule has 0 fully saturated rings. The van der Waals surface area contributed by atoms with Crippen molar-refractivity contribution in [3.8, 4) is 0 Å². The highest BCUT2D eigenvalue weighted by molar-refractivity contribution is 5.95. The second kappa shape index (κ2) is 17.3. The van der Waals surface area contributed by atoms with Gasteiger partial charge in [0, 0.05) is 13.5 Å². The molecule has 10 nitrogen and oxygen atoms in total. The molecule has 0 bridgehead atoms. The van der Waals surface area contributed by atoms with Gasteiger partial charge in [0.2, 0.25) is 17.7 Å². The quantitative estimate of drug-likeness (QED) is 0.165. The molecule has 222 valence electrons. The first kappa shape index (κ1) is 32.0. The molecule has 10 heteroatoms. The van der Waals surface area contributed by atoms with Gasteiger partial charge in [-0.1, -0.05) is 91.0 Å². The van der Waals surface area contributed by atoms with Gasteiger partial charge in [-0.3, -0.25) is 24.0 Å². The fourth-order valence-corrected chi connectivity index (χ4v) is 4.53. The van der Waals surface area contributed by atoms with Crippen LogP contribution in [0.15, 0.2) is 91.0 Å². The van der Waals surface area contributed by atoms with E-state index < -0.39 is 48.2 Å². The van der Waals surface area contributed by atoms with Gasteiger partial charge in [0.05, 0.1) is 12.5 Å². The molecule has 0 saturated carbocycles. The van der Waals surface area contributed by atoms with Crippen molar-refractivity contribution in [2.75, 3.05) is 13.7 Å². The third-order valence-corrected chi connectivity index (χ3v) is 6.72. The number of aliphatic hydroxyl groups excluding tert-OH is 1. The van der Waals surface area contributed by atoms with Gasteiger partial charge in [0.25, 0.3) is 5.91 Å². The number of carbonyl (C=O) groups excluding carboxylic acids is 4. The average Bonchev–Trinajstić information content (AvgIpc) is 3.02. The van der Waals surface area contributed by atoms with E-state index in [1.165, 1.54) is 7.05 Å². The molecule has 0 spiro atoms. The van der Waals surface area contributed by atoms with Crippen LogP contribution in [-0.4, -0.2) is 54.5 Å². The van der Waals surface area contributed by atoms with E-state index in [1.54, 1.807) is 0 Å². The third kappa shape index (κ3) is 10.5. The van der Waals surface area contributed by atoms with Crippen molar-refractivity contribution in [1.29, 1.82) is 0 Å². The summed E-state index contributed by atoms with van der Waals surface area (Å²) >= 11 is 0. The number of nitrogens with one attached hydrogen (secondary N) is 4. The van der Waals surface area contributed by atoms with Gasteiger partial charge in [-0.15, -0.1) is 0 Å². The Morgan fingerprint density at radius 2 is 1.31 bits per heavy atom. The van der Waals surface area contributed by atoms with E-state index in [2.05, 4.69) is 21.4 Å². The second-order valence-electron chi connectivity index (χ2n) is 9.79. The van der Waals surface area contributed by atoms with E-state index in [-0.39, 0.29) is 19.4 Å². The SMILES string of the molecule is CNC(=O)[C@H](Cc1ccccc1)NC(=O)[C@H](CCCc1ccccc1)[C@@H](NC(=O)CO)C(=O)NOCc1ccccc1. The fourth-order valence-electron chi connectivity index (χ4n) is 4.53. The van der Waals surface area contributed by atoms with Crippen LogP contribution in [0.4, 0.5) is 0 Å². The first-order chi connectivity index (χ1) is 20.4. The Balaban J connectivity index is 1.82. The lowest BCUT2D eigenvalue weighted by molar-refractivity contribution is -0.144. The summed E-state index contributed by atoms with van der Waals surface area (Å²) in [6.07, 6.45) is 1.56. The number of hydrogen-bond donors (Lipinski definition) is 5. The molecule has 0 aromatic heterocycles. The maximum absolute atomic E-state index is 13.8. The first-order valence-corrected chi connectivity index (χ1v) is 13.9. The maximum atomic E-state index is 13.8. The summed E-state index contributed by atoms with van der Waals surface area (Å²) in [7, 11) is 1.48. The molecule has 0 heterocycles. The van der Waals surface area contributed by atoms with Crippen LogP contribution in [0.3, 0.4) is 0 Å². The Morgan fingerprint density at radius 3 is 1.88 bits per heavy atom. The van der Waals surface area contributed by atoms with Crippen molar-refractivity contribution < 1.29 is 29.1 Å². The first-order valence-electron chi connectivity index (χ1n) is 13.9. The van der Waals surface area contributed by atoms with Crippen molar-refractivity contribution >= 4 is 23.6 Å². The Bertz CT molecular complexity index is 1270. The van der Waals surface area contributed by atoms with Crippen LogP contribution in [0.1, 0.15) is 29.5 Å². The van der Waals surface area contributed by atoms with Crippen LogP contribution in [0.2, 0.25) is 0 Å². The van der Waals surface area contributed by atoms with Gasteiger partial charge in [-0.25, -0.2) is 5.48 Å². The summed E-state index contributed by atoms with van der Waals surface area (Å²) in [5, 5.41) is 17.3. The standard InChI is InChI=1S/C32H38N4O6/c1-33-31(40)27(20-24-14-7-3-8-15-24)34-30(39)26(19-11-18-23-12-5-2-6-13-23)29(35-28(38)21-37)32(41)36-42-22-25-16-9-4-10-17-25/h2-10,12-17,26-27,29,37H,11,18-22H2,1H3,(H,33,40)(H,34,39)(H,35,38)(H,36,41)/t26-,27+,29-/m1/s1. The van der Waals surface area contributed by atoms with E-state index in [4.69, 9.17) is 4.84 Å². The van der Waals surface area contributed by atoms with Crippen molar-refractivity contribution in [2.45, 2.75) is 44.4 Å². The van der Waals surface area contributed by atoms with E-state index in [9.17, 15) is 24.3 Å². The third-order valence-electron chi connectivity index (χ3n) is 6.72. The second-order valence-corrected chi connectivity index (χ2v) is 9.79. The zero-order valence-corrected chi connectivity index (χ0v) is 23.6. The van der Waals surface area contributed by atoms with Gasteiger partial charge in [0.15, 0.2) is 0 Å². The highest BCUT2D eigenvalue weighted by atomic mass is 16.6. The minimum atomic E-state index is -1.38. The number of hydroxylamine groups is 1. The lowest BCUT2D eigenvalue weighted by Crippen LogP contribution is -2.57. The molecular formula is C32H38N4O6. The van der Waals surface area contributed by atoms with Crippen molar-refractivity contribution in [3.63, 3.8) is 0 Å². The maximum Gasteiger partial charge on any atom is 0.266 e. The highest BCUT2D eigenvalue weighted by Crippen LogP contribution is 2.17. The zero-order valence-electron chi connectivity index (χ0n) is 23.6. The molecule has 5 N–H and O–H groups in total. The number of carbonyl (C=O) groups is 4. The molecule has 0 aliphatic carbocycles. The van der Waals surface area contributed by atoms with E-state index in [0.29, 0.717) is 12.8 Å². The molecule has 42 heavy (non-hydrogen) atoms. The average molecular weight is 575 g/mol. The molecule has 4 amide bonds. The predicted octanol–water partition coefficient (Wildman–Crippen LogP) is 1.82. The molecule has 3 aromatic rings. The van der Waals surface area contributed by atoms with Crippen LogP contribution in [-0.2, 0) is 43.5 Å². The highest BCUT2D eigenvalue weighted by Gasteiger charge is 2.36. The van der Waals surface area contributed by atoms with Crippen LogP contribution in [0.25, 0.3) is 0 Å². The fraction of sp³-hybridized carbons (Fsp3) is 0.312. The molecule has 3 rings (SSSR count). The molecular weight excluding hydrogens is 536 g/mol. The number of amides is 4. The van der Waals surface area contributed by atoms with E-state index >= 15 is 0 Å². The minimum absolute atomic E-state index is 0.0634. The Labute approximate surface area is 245 Å². The number of likely N-dealkylation sites (N-methyl/N-ethyl adjacent to an activating group) is 1. The molecule has 0 aliphatic rings. The molecule has 0 unspecified atom stereocenters. The van der Waals surface area contributed by atoms with Gasteiger partial charge < -0.3 is 21.1 Å². The predicted molar refractivity (Wildman–Crippen MR) is 157 cm³/mol. The van der Waals surface area contributed by atoms with Gasteiger partial charge in [0.1, 0.15) is 18.7 Å². The van der Waals surface area contributed by atoms with Crippen LogP contribution in [0, 0.1) is 5.92 Å². The Hall–Kier alpha value is -4.54. The largest absolute Gasteiger partial charge is 0.387 e. The monoisotopic (exact) mass is 574 g/mol. The van der Waals surface area contributed by atoms with E-state index in [1.807, 2.05) is 91.0 Å². The van der Waals surface area contributed by atoms with Gasteiger partial charge in [-0.05, 0) is 36.0 Å². The van der Waals surface area contributed by atoms with Crippen molar-refractivity contribution in [2.24, 2.45) is 5.92 Å². The number of aryl methyl sites for hydroxylation is 1. The minimum Gasteiger partial charge on any atom is -0.387 e. The van der Waals surface area contributed by atoms with E-state index in [0.717, 1.165) is 16.7 Å². The molecule has 3 atom stereocenters. The summed E-state index contributed by atoms with van der Waals surface area (Å²) in [5.74, 6) is -3.65. The van der Waals surface area contributed by atoms with Gasteiger partial charge in [-0.2, -0.15) is 0 Å². The van der Waals surface area contributed by atoms with Crippen LogP contribution in [0.5, 0.6) is 0 Å². The van der Waals surface area contributed by atoms with Crippen LogP contribution < -0.4 is 21.4 Å². The zero-order chi connectivity index (χ0) is 30.2. The normalized spacial score (nSPS) is 12.8.